The first-order chi connectivity index (χ1) is 7.86. The number of benzene rings is 1. The molecule has 16 heavy (non-hydrogen) atoms. The van der Waals surface area contributed by atoms with Gasteiger partial charge in [-0.1, -0.05) is 63.4 Å². The first-order valence-corrected chi connectivity index (χ1v) is 6.64. The minimum absolute atomic E-state index is 0.652. The Balaban J connectivity index is 2.38. The molecule has 0 bridgehead atoms. The minimum atomic E-state index is 0.652. The lowest BCUT2D eigenvalue weighted by Crippen LogP contribution is -2.30. The largest absolute Gasteiger partial charge is 0.314 e. The molecule has 0 saturated heterocycles. The molecule has 1 unspecified atom stereocenters. The van der Waals surface area contributed by atoms with Crippen LogP contribution in [0, 0.1) is 0 Å². The highest BCUT2D eigenvalue weighted by Gasteiger charge is 2.07. The maximum absolute atomic E-state index is 3.59. The zero-order chi connectivity index (χ0) is 11.6. The molecule has 1 heteroatoms. The Bertz CT molecular complexity index is 255. The van der Waals surface area contributed by atoms with Gasteiger partial charge in [0.25, 0.3) is 0 Å². The van der Waals surface area contributed by atoms with E-state index < -0.39 is 0 Å². The summed E-state index contributed by atoms with van der Waals surface area (Å²) in [7, 11) is 0. The Labute approximate surface area is 100 Å². The fourth-order valence-electron chi connectivity index (χ4n) is 2.10. The molecule has 0 spiro atoms. The van der Waals surface area contributed by atoms with Crippen LogP contribution in [0.2, 0.25) is 0 Å². The van der Waals surface area contributed by atoms with Gasteiger partial charge in [0.15, 0.2) is 0 Å². The van der Waals surface area contributed by atoms with Crippen LogP contribution in [0.1, 0.15) is 45.1 Å². The van der Waals surface area contributed by atoms with Crippen molar-refractivity contribution in [3.05, 3.63) is 35.9 Å². The predicted molar refractivity (Wildman–Crippen MR) is 71.8 cm³/mol. The predicted octanol–water partition coefficient (Wildman–Crippen LogP) is 3.79. The summed E-state index contributed by atoms with van der Waals surface area (Å²) >= 11 is 0. The molecule has 1 atom stereocenters. The molecular weight excluding hydrogens is 194 g/mol. The van der Waals surface area contributed by atoms with E-state index in [2.05, 4.69) is 49.5 Å². The van der Waals surface area contributed by atoms with Gasteiger partial charge in [0.1, 0.15) is 0 Å². The van der Waals surface area contributed by atoms with Crippen molar-refractivity contribution in [3.63, 3.8) is 0 Å². The van der Waals surface area contributed by atoms with Crippen molar-refractivity contribution in [2.45, 2.75) is 52.0 Å². The number of hydrogen-bond acceptors (Lipinski definition) is 1. The van der Waals surface area contributed by atoms with E-state index in [1.807, 2.05) is 0 Å². The van der Waals surface area contributed by atoms with E-state index >= 15 is 0 Å². The second-order valence-corrected chi connectivity index (χ2v) is 4.44. The van der Waals surface area contributed by atoms with Crippen LogP contribution in [-0.4, -0.2) is 12.6 Å². The maximum atomic E-state index is 3.59. The summed E-state index contributed by atoms with van der Waals surface area (Å²) in [5.41, 5.74) is 1.45. The highest BCUT2D eigenvalue weighted by molar-refractivity contribution is 5.15. The summed E-state index contributed by atoms with van der Waals surface area (Å²) in [5, 5.41) is 3.59. The Morgan fingerprint density at radius 3 is 2.44 bits per heavy atom. The topological polar surface area (TPSA) is 12.0 Å². The average Bonchev–Trinajstić information content (AvgIpc) is 2.31. The molecule has 1 rings (SSSR count). The summed E-state index contributed by atoms with van der Waals surface area (Å²) in [4.78, 5) is 0. The third-order valence-corrected chi connectivity index (χ3v) is 2.97. The van der Waals surface area contributed by atoms with Gasteiger partial charge >= 0.3 is 0 Å². The fraction of sp³-hybridized carbons (Fsp3) is 0.600. The SMILES string of the molecule is CCCCCC(Cc1ccccc1)NCC. The van der Waals surface area contributed by atoms with Gasteiger partial charge in [-0.05, 0) is 24.9 Å². The van der Waals surface area contributed by atoms with Crippen molar-refractivity contribution in [3.8, 4) is 0 Å². The first kappa shape index (κ1) is 13.2. The molecule has 0 radical (unpaired) electrons. The Morgan fingerprint density at radius 1 is 1.06 bits per heavy atom. The molecule has 1 nitrogen and oxygen atoms in total. The van der Waals surface area contributed by atoms with E-state index in [0.717, 1.165) is 6.54 Å². The summed E-state index contributed by atoms with van der Waals surface area (Å²) in [6.45, 7) is 5.53. The second kappa shape index (κ2) is 8.35. The molecule has 0 saturated carbocycles. The lowest BCUT2D eigenvalue weighted by molar-refractivity contribution is 0.467. The minimum Gasteiger partial charge on any atom is -0.314 e. The molecule has 0 aliphatic heterocycles. The second-order valence-electron chi connectivity index (χ2n) is 4.44. The van der Waals surface area contributed by atoms with Gasteiger partial charge in [-0.2, -0.15) is 0 Å². The molecule has 1 N–H and O–H groups in total. The van der Waals surface area contributed by atoms with Crippen LogP contribution in [0.4, 0.5) is 0 Å². The Kier molecular flexibility index (Phi) is 6.91. The standard InChI is InChI=1S/C15H25N/c1-3-5-7-12-15(16-4-2)13-14-10-8-6-9-11-14/h6,8-11,15-16H,3-5,7,12-13H2,1-2H3. The van der Waals surface area contributed by atoms with E-state index in [1.54, 1.807) is 0 Å². The zero-order valence-electron chi connectivity index (χ0n) is 10.7. The summed E-state index contributed by atoms with van der Waals surface area (Å²) in [5.74, 6) is 0. The normalized spacial score (nSPS) is 12.6. The number of rotatable bonds is 8. The highest BCUT2D eigenvalue weighted by Crippen LogP contribution is 2.09. The number of hydrogen-bond donors (Lipinski definition) is 1. The smallest absolute Gasteiger partial charge is 0.0107 e. The van der Waals surface area contributed by atoms with Gasteiger partial charge in [0, 0.05) is 6.04 Å². The van der Waals surface area contributed by atoms with Gasteiger partial charge in [0.05, 0.1) is 0 Å². The Morgan fingerprint density at radius 2 is 1.81 bits per heavy atom. The third kappa shape index (κ3) is 5.32. The van der Waals surface area contributed by atoms with Crippen LogP contribution in [0.25, 0.3) is 0 Å². The van der Waals surface area contributed by atoms with Gasteiger partial charge < -0.3 is 5.32 Å². The average molecular weight is 219 g/mol. The van der Waals surface area contributed by atoms with E-state index in [4.69, 9.17) is 0 Å². The van der Waals surface area contributed by atoms with Gasteiger partial charge in [-0.3, -0.25) is 0 Å². The fourth-order valence-corrected chi connectivity index (χ4v) is 2.10. The quantitative estimate of drug-likeness (QED) is 0.656. The molecule has 0 aromatic heterocycles. The van der Waals surface area contributed by atoms with Gasteiger partial charge in [-0.25, -0.2) is 0 Å². The van der Waals surface area contributed by atoms with Crippen molar-refractivity contribution in [1.82, 2.24) is 5.32 Å². The number of likely N-dealkylation sites (N-methyl/N-ethyl adjacent to an activating group) is 1. The molecule has 1 aromatic rings. The molecule has 90 valence electrons. The number of nitrogens with one attached hydrogen (secondary N) is 1. The number of unbranched alkanes of at least 4 members (excludes halogenated alkanes) is 2. The van der Waals surface area contributed by atoms with Crippen LogP contribution in [0.3, 0.4) is 0 Å². The molecule has 0 aliphatic rings. The van der Waals surface area contributed by atoms with E-state index in [-0.39, 0.29) is 0 Å². The van der Waals surface area contributed by atoms with Crippen molar-refractivity contribution in [2.75, 3.05) is 6.54 Å². The molecule has 0 amide bonds. The van der Waals surface area contributed by atoms with Crippen LogP contribution in [0.5, 0.6) is 0 Å². The van der Waals surface area contributed by atoms with Gasteiger partial charge in [-0.15, -0.1) is 0 Å². The summed E-state index contributed by atoms with van der Waals surface area (Å²) < 4.78 is 0. The van der Waals surface area contributed by atoms with Crippen LogP contribution in [0.15, 0.2) is 30.3 Å². The maximum Gasteiger partial charge on any atom is 0.0107 e. The van der Waals surface area contributed by atoms with Crippen molar-refractivity contribution in [2.24, 2.45) is 0 Å². The van der Waals surface area contributed by atoms with Crippen LogP contribution >= 0.6 is 0 Å². The highest BCUT2D eigenvalue weighted by atomic mass is 14.9. The van der Waals surface area contributed by atoms with Crippen molar-refractivity contribution >= 4 is 0 Å². The van der Waals surface area contributed by atoms with Crippen molar-refractivity contribution in [1.29, 1.82) is 0 Å². The van der Waals surface area contributed by atoms with Gasteiger partial charge in [0.2, 0.25) is 0 Å². The van der Waals surface area contributed by atoms with E-state index in [0.29, 0.717) is 6.04 Å². The molecule has 0 fully saturated rings. The molecule has 0 aliphatic carbocycles. The van der Waals surface area contributed by atoms with Crippen molar-refractivity contribution < 1.29 is 0 Å². The van der Waals surface area contributed by atoms with Crippen LogP contribution < -0.4 is 5.32 Å². The lowest BCUT2D eigenvalue weighted by Gasteiger charge is -2.17. The van der Waals surface area contributed by atoms with E-state index in [9.17, 15) is 0 Å². The monoisotopic (exact) mass is 219 g/mol. The van der Waals surface area contributed by atoms with Crippen LogP contribution in [-0.2, 0) is 6.42 Å². The first-order valence-electron chi connectivity index (χ1n) is 6.64. The molecule has 0 heterocycles. The van der Waals surface area contributed by atoms with E-state index in [1.165, 1.54) is 37.7 Å². The zero-order valence-corrected chi connectivity index (χ0v) is 10.7. The Hall–Kier alpha value is -0.820. The third-order valence-electron chi connectivity index (χ3n) is 2.97. The lowest BCUT2D eigenvalue weighted by atomic mass is 10.0. The molecule has 1 aromatic carbocycles. The molecular formula is C15H25N. The summed E-state index contributed by atoms with van der Waals surface area (Å²) in [6, 6.07) is 11.4. The summed E-state index contributed by atoms with van der Waals surface area (Å²) in [6.07, 6.45) is 6.48.